The molecular formula is C17H22FN5O2. The standard InChI is InChI=1S/C17H22FN5O2/c1-8-12-14(23(11-3-4-11)17(25)21-16(12)24)20-15(13(8)18)22-6-5-10(7-22)9(2)19/h9-11H,3-7,19H2,1-2H3,(H,21,24,25). The minimum Gasteiger partial charge on any atom is -0.354 e. The lowest BCUT2D eigenvalue weighted by molar-refractivity contribution is 0.487. The molecule has 2 aliphatic rings. The van der Waals surface area contributed by atoms with Crippen molar-refractivity contribution in [3.8, 4) is 0 Å². The lowest BCUT2D eigenvalue weighted by Crippen LogP contribution is -2.33. The molecule has 4 rings (SSSR count). The minimum atomic E-state index is -0.581. The van der Waals surface area contributed by atoms with E-state index in [0.29, 0.717) is 13.1 Å². The number of nitrogens with zero attached hydrogens (tertiary/aromatic N) is 3. The Morgan fingerprint density at radius 3 is 2.64 bits per heavy atom. The molecule has 2 fully saturated rings. The molecule has 1 saturated heterocycles. The molecule has 25 heavy (non-hydrogen) atoms. The van der Waals surface area contributed by atoms with Gasteiger partial charge in [0, 0.05) is 30.7 Å². The molecule has 7 nitrogen and oxygen atoms in total. The summed E-state index contributed by atoms with van der Waals surface area (Å²) in [6.45, 7) is 4.81. The van der Waals surface area contributed by atoms with Crippen molar-refractivity contribution in [2.75, 3.05) is 18.0 Å². The molecule has 3 heterocycles. The SMILES string of the molecule is Cc1c(F)c(N2CCC(C(C)N)C2)nc2c1c(=O)[nH]c(=O)n2C1CC1. The van der Waals surface area contributed by atoms with E-state index < -0.39 is 17.1 Å². The van der Waals surface area contributed by atoms with Gasteiger partial charge in [0.25, 0.3) is 5.56 Å². The first-order chi connectivity index (χ1) is 11.9. The van der Waals surface area contributed by atoms with Gasteiger partial charge in [-0.3, -0.25) is 14.3 Å². The van der Waals surface area contributed by atoms with Crippen LogP contribution in [0, 0.1) is 18.7 Å². The van der Waals surface area contributed by atoms with E-state index in [0.717, 1.165) is 19.3 Å². The van der Waals surface area contributed by atoms with Gasteiger partial charge in [-0.1, -0.05) is 0 Å². The quantitative estimate of drug-likeness (QED) is 0.865. The van der Waals surface area contributed by atoms with Gasteiger partial charge in [0.2, 0.25) is 0 Å². The predicted octanol–water partition coefficient (Wildman–Crippen LogP) is 1.04. The third-order valence-electron chi connectivity index (χ3n) is 5.41. The number of anilines is 1. The number of hydrogen-bond donors (Lipinski definition) is 2. The van der Waals surface area contributed by atoms with Gasteiger partial charge in [0.05, 0.1) is 5.39 Å². The fraction of sp³-hybridized carbons (Fsp3) is 0.588. The van der Waals surface area contributed by atoms with Gasteiger partial charge in [0.15, 0.2) is 17.3 Å². The van der Waals surface area contributed by atoms with Crippen molar-refractivity contribution >= 4 is 16.9 Å². The third-order valence-corrected chi connectivity index (χ3v) is 5.41. The van der Waals surface area contributed by atoms with Gasteiger partial charge in [0.1, 0.15) is 0 Å². The minimum absolute atomic E-state index is 0.0297. The van der Waals surface area contributed by atoms with Gasteiger partial charge >= 0.3 is 5.69 Å². The molecule has 0 radical (unpaired) electrons. The Morgan fingerprint density at radius 1 is 1.32 bits per heavy atom. The van der Waals surface area contributed by atoms with Crippen LogP contribution in [-0.2, 0) is 0 Å². The molecule has 0 amide bonds. The number of nitrogens with two attached hydrogens (primary N) is 1. The van der Waals surface area contributed by atoms with Crippen molar-refractivity contribution in [1.82, 2.24) is 14.5 Å². The lowest BCUT2D eigenvalue weighted by atomic mass is 10.0. The van der Waals surface area contributed by atoms with Crippen molar-refractivity contribution in [3.63, 3.8) is 0 Å². The molecule has 134 valence electrons. The van der Waals surface area contributed by atoms with E-state index >= 15 is 0 Å². The molecule has 1 aliphatic heterocycles. The van der Waals surface area contributed by atoms with E-state index in [2.05, 4.69) is 9.97 Å². The molecule has 2 aromatic heterocycles. The van der Waals surface area contributed by atoms with Crippen LogP contribution in [0.3, 0.4) is 0 Å². The number of fused-ring (bicyclic) bond motifs is 1. The van der Waals surface area contributed by atoms with Crippen LogP contribution in [0.1, 0.15) is 37.8 Å². The predicted molar refractivity (Wildman–Crippen MR) is 93.6 cm³/mol. The molecule has 1 aliphatic carbocycles. The fourth-order valence-electron chi connectivity index (χ4n) is 3.70. The van der Waals surface area contributed by atoms with E-state index in [4.69, 9.17) is 5.73 Å². The zero-order chi connectivity index (χ0) is 17.9. The summed E-state index contributed by atoms with van der Waals surface area (Å²) in [5.41, 5.74) is 5.44. The molecule has 2 unspecified atom stereocenters. The van der Waals surface area contributed by atoms with E-state index in [1.54, 1.807) is 6.92 Å². The molecule has 3 N–H and O–H groups in total. The monoisotopic (exact) mass is 347 g/mol. The Bertz CT molecular complexity index is 960. The van der Waals surface area contributed by atoms with Gasteiger partial charge in [-0.15, -0.1) is 0 Å². The number of aromatic amines is 1. The van der Waals surface area contributed by atoms with Crippen LogP contribution >= 0.6 is 0 Å². The maximum atomic E-state index is 15.0. The Hall–Kier alpha value is -2.22. The van der Waals surface area contributed by atoms with E-state index in [1.807, 2.05) is 11.8 Å². The van der Waals surface area contributed by atoms with Gasteiger partial charge in [-0.2, -0.15) is 0 Å². The van der Waals surface area contributed by atoms with Crippen molar-refractivity contribution in [1.29, 1.82) is 0 Å². The fourth-order valence-corrected chi connectivity index (χ4v) is 3.70. The molecule has 0 spiro atoms. The summed E-state index contributed by atoms with van der Waals surface area (Å²) in [6, 6.07) is 0.0644. The highest BCUT2D eigenvalue weighted by molar-refractivity contribution is 5.80. The molecule has 1 saturated carbocycles. The van der Waals surface area contributed by atoms with Crippen molar-refractivity contribution < 1.29 is 4.39 Å². The highest BCUT2D eigenvalue weighted by atomic mass is 19.1. The Morgan fingerprint density at radius 2 is 2.04 bits per heavy atom. The summed E-state index contributed by atoms with van der Waals surface area (Å²) in [4.78, 5) is 33.1. The van der Waals surface area contributed by atoms with Crippen molar-refractivity contribution in [3.05, 3.63) is 32.2 Å². The van der Waals surface area contributed by atoms with E-state index in [1.165, 1.54) is 4.57 Å². The molecule has 2 aromatic rings. The topological polar surface area (TPSA) is 97.0 Å². The van der Waals surface area contributed by atoms with Gasteiger partial charge in [-0.25, -0.2) is 14.2 Å². The number of nitrogens with one attached hydrogen (secondary N) is 1. The number of rotatable bonds is 3. The second-order valence-electron chi connectivity index (χ2n) is 7.29. The van der Waals surface area contributed by atoms with Crippen LogP contribution in [0.15, 0.2) is 9.59 Å². The zero-order valence-corrected chi connectivity index (χ0v) is 14.4. The third kappa shape index (κ3) is 2.55. The second-order valence-corrected chi connectivity index (χ2v) is 7.29. The Labute approximate surface area is 143 Å². The Kier molecular flexibility index (Phi) is 3.68. The number of hydrogen-bond acceptors (Lipinski definition) is 5. The molecule has 8 heteroatoms. The maximum absolute atomic E-state index is 15.0. The van der Waals surface area contributed by atoms with Crippen LogP contribution in [0.25, 0.3) is 11.0 Å². The summed E-state index contributed by atoms with van der Waals surface area (Å²) in [7, 11) is 0. The molecule has 0 aromatic carbocycles. The number of pyridine rings is 1. The summed E-state index contributed by atoms with van der Waals surface area (Å²) in [5, 5.41) is 0.163. The Balaban J connectivity index is 1.92. The highest BCUT2D eigenvalue weighted by Crippen LogP contribution is 2.36. The van der Waals surface area contributed by atoms with E-state index in [9.17, 15) is 14.0 Å². The summed E-state index contributed by atoms with van der Waals surface area (Å²) in [6.07, 6.45) is 2.61. The number of halogens is 1. The highest BCUT2D eigenvalue weighted by Gasteiger charge is 2.32. The maximum Gasteiger partial charge on any atom is 0.330 e. The smallest absolute Gasteiger partial charge is 0.330 e. The van der Waals surface area contributed by atoms with Crippen LogP contribution in [0.5, 0.6) is 0 Å². The first-order valence-electron chi connectivity index (χ1n) is 8.73. The van der Waals surface area contributed by atoms with Crippen LogP contribution in [-0.4, -0.2) is 33.7 Å². The average molecular weight is 347 g/mol. The lowest BCUT2D eigenvalue weighted by Gasteiger charge is -2.21. The van der Waals surface area contributed by atoms with Crippen LogP contribution < -0.4 is 21.9 Å². The number of H-pyrrole nitrogens is 1. The van der Waals surface area contributed by atoms with E-state index in [-0.39, 0.29) is 40.4 Å². The summed E-state index contributed by atoms with van der Waals surface area (Å²) < 4.78 is 16.5. The number of aryl methyl sites for hydroxylation is 1. The molecule has 2 atom stereocenters. The van der Waals surface area contributed by atoms with Gasteiger partial charge < -0.3 is 10.6 Å². The first-order valence-corrected chi connectivity index (χ1v) is 8.73. The largest absolute Gasteiger partial charge is 0.354 e. The second kappa shape index (κ2) is 5.66. The van der Waals surface area contributed by atoms with Crippen molar-refractivity contribution in [2.24, 2.45) is 11.7 Å². The molecular weight excluding hydrogens is 325 g/mol. The average Bonchev–Trinajstić information content (AvgIpc) is 3.24. The van der Waals surface area contributed by atoms with Crippen molar-refractivity contribution in [2.45, 2.75) is 45.2 Å². The summed E-state index contributed by atoms with van der Waals surface area (Å²) in [5.74, 6) is -0.00104. The normalized spacial score (nSPS) is 21.9. The first kappa shape index (κ1) is 16.3. The molecule has 0 bridgehead atoms. The zero-order valence-electron chi connectivity index (χ0n) is 14.4. The number of aromatic nitrogens is 3. The van der Waals surface area contributed by atoms with Crippen LogP contribution in [0.2, 0.25) is 0 Å². The summed E-state index contributed by atoms with van der Waals surface area (Å²) >= 11 is 0. The van der Waals surface area contributed by atoms with Crippen LogP contribution in [0.4, 0.5) is 10.2 Å². The van der Waals surface area contributed by atoms with Gasteiger partial charge in [-0.05, 0) is 39.0 Å².